The predicted octanol–water partition coefficient (Wildman–Crippen LogP) is 4.15. The van der Waals surface area contributed by atoms with Crippen LogP contribution in [0.2, 0.25) is 5.02 Å². The lowest BCUT2D eigenvalue weighted by Gasteiger charge is -2.17. The van der Waals surface area contributed by atoms with E-state index in [2.05, 4.69) is 38.2 Å². The van der Waals surface area contributed by atoms with E-state index in [1.165, 1.54) is 12.0 Å². The zero-order valence-electron chi connectivity index (χ0n) is 11.2. The second-order valence-electron chi connectivity index (χ2n) is 5.16. The van der Waals surface area contributed by atoms with Crippen molar-refractivity contribution in [3.63, 3.8) is 0 Å². The van der Waals surface area contributed by atoms with Crippen LogP contribution in [-0.2, 0) is 6.42 Å². The van der Waals surface area contributed by atoms with Crippen molar-refractivity contribution in [1.29, 1.82) is 0 Å². The summed E-state index contributed by atoms with van der Waals surface area (Å²) in [5.74, 6) is 1.42. The molecular formula is C15H24ClN. The third kappa shape index (κ3) is 6.09. The van der Waals surface area contributed by atoms with Crippen LogP contribution in [0.5, 0.6) is 0 Å². The normalized spacial score (nSPS) is 13.0. The SMILES string of the molecule is CCC(CNCC(C)C)Cc1cccc(Cl)c1. The van der Waals surface area contributed by atoms with Gasteiger partial charge in [-0.15, -0.1) is 0 Å². The van der Waals surface area contributed by atoms with Gasteiger partial charge < -0.3 is 5.32 Å². The van der Waals surface area contributed by atoms with E-state index in [9.17, 15) is 0 Å². The fraction of sp³-hybridized carbons (Fsp3) is 0.600. The van der Waals surface area contributed by atoms with E-state index in [1.54, 1.807) is 0 Å². The highest BCUT2D eigenvalue weighted by atomic mass is 35.5. The minimum Gasteiger partial charge on any atom is -0.316 e. The Morgan fingerprint density at radius 2 is 2.00 bits per heavy atom. The van der Waals surface area contributed by atoms with E-state index in [0.717, 1.165) is 30.5 Å². The summed E-state index contributed by atoms with van der Waals surface area (Å²) < 4.78 is 0. The number of benzene rings is 1. The van der Waals surface area contributed by atoms with Crippen LogP contribution in [0.15, 0.2) is 24.3 Å². The maximum absolute atomic E-state index is 6.00. The molecular weight excluding hydrogens is 230 g/mol. The van der Waals surface area contributed by atoms with Crippen LogP contribution in [0, 0.1) is 11.8 Å². The van der Waals surface area contributed by atoms with Crippen LogP contribution < -0.4 is 5.32 Å². The minimum absolute atomic E-state index is 0.701. The molecule has 1 unspecified atom stereocenters. The Balaban J connectivity index is 2.41. The lowest BCUT2D eigenvalue weighted by Crippen LogP contribution is -2.27. The third-order valence-electron chi connectivity index (χ3n) is 2.98. The molecule has 0 saturated carbocycles. The van der Waals surface area contributed by atoms with Gasteiger partial charge in [-0.1, -0.05) is 50.9 Å². The molecule has 1 aromatic carbocycles. The maximum Gasteiger partial charge on any atom is 0.0408 e. The second-order valence-corrected chi connectivity index (χ2v) is 5.60. The molecule has 0 radical (unpaired) electrons. The Labute approximate surface area is 111 Å². The summed E-state index contributed by atoms with van der Waals surface area (Å²) in [4.78, 5) is 0. The Bertz CT molecular complexity index is 322. The molecule has 0 aliphatic rings. The molecule has 1 aromatic rings. The molecule has 2 heteroatoms. The largest absolute Gasteiger partial charge is 0.316 e. The van der Waals surface area contributed by atoms with Crippen molar-refractivity contribution < 1.29 is 0 Å². The van der Waals surface area contributed by atoms with E-state index in [4.69, 9.17) is 11.6 Å². The lowest BCUT2D eigenvalue weighted by molar-refractivity contribution is 0.437. The lowest BCUT2D eigenvalue weighted by atomic mass is 9.97. The topological polar surface area (TPSA) is 12.0 Å². The average molecular weight is 254 g/mol. The summed E-state index contributed by atoms with van der Waals surface area (Å²) in [6.07, 6.45) is 2.32. The van der Waals surface area contributed by atoms with Gasteiger partial charge in [0.05, 0.1) is 0 Å². The van der Waals surface area contributed by atoms with Crippen LogP contribution in [0.25, 0.3) is 0 Å². The van der Waals surface area contributed by atoms with Gasteiger partial charge in [-0.3, -0.25) is 0 Å². The van der Waals surface area contributed by atoms with E-state index >= 15 is 0 Å². The monoisotopic (exact) mass is 253 g/mol. The zero-order valence-corrected chi connectivity index (χ0v) is 11.9. The van der Waals surface area contributed by atoms with Crippen LogP contribution in [0.4, 0.5) is 0 Å². The number of rotatable bonds is 7. The molecule has 1 nitrogen and oxygen atoms in total. The highest BCUT2D eigenvalue weighted by Crippen LogP contribution is 2.16. The molecule has 0 aliphatic carbocycles. The van der Waals surface area contributed by atoms with E-state index < -0.39 is 0 Å². The van der Waals surface area contributed by atoms with Crippen LogP contribution in [-0.4, -0.2) is 13.1 Å². The Kier molecular flexibility index (Phi) is 6.61. The smallest absolute Gasteiger partial charge is 0.0408 e. The summed E-state index contributed by atoms with van der Waals surface area (Å²) in [7, 11) is 0. The van der Waals surface area contributed by atoms with Gasteiger partial charge in [0.15, 0.2) is 0 Å². The number of hydrogen-bond acceptors (Lipinski definition) is 1. The fourth-order valence-corrected chi connectivity index (χ4v) is 2.15. The van der Waals surface area contributed by atoms with E-state index in [1.807, 2.05) is 12.1 Å². The maximum atomic E-state index is 6.00. The van der Waals surface area contributed by atoms with Gasteiger partial charge in [0.25, 0.3) is 0 Å². The quantitative estimate of drug-likeness (QED) is 0.770. The molecule has 0 bridgehead atoms. The van der Waals surface area contributed by atoms with Gasteiger partial charge in [-0.25, -0.2) is 0 Å². The molecule has 0 heterocycles. The predicted molar refractivity (Wildman–Crippen MR) is 76.6 cm³/mol. The number of halogens is 1. The summed E-state index contributed by atoms with van der Waals surface area (Å²) in [6, 6.07) is 8.21. The fourth-order valence-electron chi connectivity index (χ4n) is 1.93. The van der Waals surface area contributed by atoms with E-state index in [0.29, 0.717) is 5.92 Å². The van der Waals surface area contributed by atoms with Gasteiger partial charge in [0.2, 0.25) is 0 Å². The Morgan fingerprint density at radius 3 is 2.59 bits per heavy atom. The third-order valence-corrected chi connectivity index (χ3v) is 3.21. The average Bonchev–Trinajstić information content (AvgIpc) is 2.27. The molecule has 0 spiro atoms. The molecule has 17 heavy (non-hydrogen) atoms. The molecule has 1 N–H and O–H groups in total. The number of hydrogen-bond donors (Lipinski definition) is 1. The van der Waals surface area contributed by atoms with Crippen molar-refractivity contribution in [3.8, 4) is 0 Å². The Hall–Kier alpha value is -0.530. The van der Waals surface area contributed by atoms with Gasteiger partial charge in [0.1, 0.15) is 0 Å². The summed E-state index contributed by atoms with van der Waals surface area (Å²) in [5, 5.41) is 4.38. The van der Waals surface area contributed by atoms with Crippen LogP contribution in [0.3, 0.4) is 0 Å². The van der Waals surface area contributed by atoms with Crippen molar-refractivity contribution in [3.05, 3.63) is 34.9 Å². The molecule has 0 aliphatic heterocycles. The summed E-state index contributed by atoms with van der Waals surface area (Å²) in [5.41, 5.74) is 1.34. The molecule has 0 amide bonds. The molecule has 0 saturated heterocycles. The van der Waals surface area contributed by atoms with Crippen molar-refractivity contribution in [2.45, 2.75) is 33.6 Å². The zero-order chi connectivity index (χ0) is 12.7. The highest BCUT2D eigenvalue weighted by molar-refractivity contribution is 6.30. The van der Waals surface area contributed by atoms with Crippen molar-refractivity contribution in [1.82, 2.24) is 5.32 Å². The van der Waals surface area contributed by atoms with Gasteiger partial charge in [0, 0.05) is 5.02 Å². The van der Waals surface area contributed by atoms with Crippen LogP contribution >= 0.6 is 11.6 Å². The van der Waals surface area contributed by atoms with Crippen molar-refractivity contribution in [2.75, 3.05) is 13.1 Å². The Morgan fingerprint density at radius 1 is 1.24 bits per heavy atom. The highest BCUT2D eigenvalue weighted by Gasteiger charge is 2.07. The molecule has 1 rings (SSSR count). The van der Waals surface area contributed by atoms with Crippen molar-refractivity contribution in [2.24, 2.45) is 11.8 Å². The first-order valence-corrected chi connectivity index (χ1v) is 6.94. The van der Waals surface area contributed by atoms with Crippen molar-refractivity contribution >= 4 is 11.6 Å². The van der Waals surface area contributed by atoms with E-state index in [-0.39, 0.29) is 0 Å². The molecule has 1 atom stereocenters. The van der Waals surface area contributed by atoms with Gasteiger partial charge in [-0.2, -0.15) is 0 Å². The van der Waals surface area contributed by atoms with Crippen LogP contribution in [0.1, 0.15) is 32.8 Å². The first-order valence-electron chi connectivity index (χ1n) is 6.57. The second kappa shape index (κ2) is 7.73. The molecule has 0 aromatic heterocycles. The van der Waals surface area contributed by atoms with Gasteiger partial charge >= 0.3 is 0 Å². The summed E-state index contributed by atoms with van der Waals surface area (Å²) in [6.45, 7) is 8.94. The first kappa shape index (κ1) is 14.5. The standard InChI is InChI=1S/C15H24ClN/c1-4-13(11-17-10-12(2)3)8-14-6-5-7-15(16)9-14/h5-7,9,12-13,17H,4,8,10-11H2,1-3H3. The molecule has 0 fully saturated rings. The molecule has 96 valence electrons. The summed E-state index contributed by atoms with van der Waals surface area (Å²) >= 11 is 6.00. The van der Waals surface area contributed by atoms with Gasteiger partial charge in [-0.05, 0) is 49.0 Å². The first-order chi connectivity index (χ1) is 8.11. The minimum atomic E-state index is 0.701. The number of nitrogens with one attached hydrogen (secondary N) is 1.